The number of carbonyl (C=O) groups excluding carboxylic acids is 1. The van der Waals surface area contributed by atoms with Gasteiger partial charge in [-0.25, -0.2) is 0 Å². The number of alkyl halides is 3. The van der Waals surface area contributed by atoms with Crippen molar-refractivity contribution < 1.29 is 29.3 Å². The molecule has 3 aromatic rings. The Morgan fingerprint density at radius 3 is 2.29 bits per heavy atom. The van der Waals surface area contributed by atoms with Crippen LogP contribution in [0.3, 0.4) is 0 Å². The van der Waals surface area contributed by atoms with Gasteiger partial charge in [0.15, 0.2) is 5.41 Å². The van der Waals surface area contributed by atoms with E-state index < -0.39 is 21.3 Å². The van der Waals surface area contributed by atoms with Crippen molar-refractivity contribution >= 4 is 63.6 Å². The van der Waals surface area contributed by atoms with Gasteiger partial charge in [-0.2, -0.15) is 0 Å². The zero-order chi connectivity index (χ0) is 27.7. The Labute approximate surface area is 235 Å². The van der Waals surface area contributed by atoms with Crippen LogP contribution in [0.15, 0.2) is 42.5 Å². The molecule has 202 valence electrons. The molecule has 7 nitrogen and oxygen atoms in total. The number of rotatable bonds is 9. The standard InChI is InChI=1S/C28H28Cl3NO6/c1-2-3-4-5-6-17-7-12-22-20(15-17)21-16-27(25(34)35,26(36)37)14-13-23(21)32(22)24(33)18-8-10-19(11-9-18)38-28(29,30)31/h7-12,15H,2-6,13-14,16H2,1H3,(H,34,35)(H,36,37). The normalized spacial score (nSPS) is 14.7. The number of carbonyl (C=O) groups is 3. The first kappa shape index (κ1) is 28.3. The molecule has 4 rings (SSSR count). The molecular formula is C28H28Cl3NO6. The SMILES string of the molecule is CCCCCCc1ccc2c(c1)c1c(n2C(=O)c2ccc(OC(Cl)(Cl)Cl)cc2)CCC(C(=O)O)(C(=O)O)C1. The van der Waals surface area contributed by atoms with Gasteiger partial charge in [0, 0.05) is 23.1 Å². The van der Waals surface area contributed by atoms with Gasteiger partial charge in [-0.05, 0) is 108 Å². The molecule has 0 saturated heterocycles. The maximum absolute atomic E-state index is 13.8. The summed E-state index contributed by atoms with van der Waals surface area (Å²) < 4.78 is 4.81. The van der Waals surface area contributed by atoms with Gasteiger partial charge in [-0.3, -0.25) is 19.0 Å². The molecule has 38 heavy (non-hydrogen) atoms. The molecule has 0 aliphatic heterocycles. The fourth-order valence-electron chi connectivity index (χ4n) is 5.17. The van der Waals surface area contributed by atoms with Crippen molar-refractivity contribution in [2.45, 2.75) is 62.3 Å². The Morgan fingerprint density at radius 2 is 1.68 bits per heavy atom. The van der Waals surface area contributed by atoms with Gasteiger partial charge in [-0.15, -0.1) is 0 Å². The van der Waals surface area contributed by atoms with Crippen LogP contribution in [0.25, 0.3) is 10.9 Å². The number of nitrogens with zero attached hydrogens (tertiary/aromatic N) is 1. The number of hydrogen-bond donors (Lipinski definition) is 2. The Bertz CT molecular complexity index is 1360. The van der Waals surface area contributed by atoms with Gasteiger partial charge < -0.3 is 14.9 Å². The maximum Gasteiger partial charge on any atom is 0.338 e. The van der Waals surface area contributed by atoms with E-state index in [4.69, 9.17) is 39.5 Å². The van der Waals surface area contributed by atoms with Crippen LogP contribution in [-0.4, -0.2) is 36.6 Å². The quantitative estimate of drug-likeness (QED) is 0.164. The summed E-state index contributed by atoms with van der Waals surface area (Å²) in [6.07, 6.45) is 5.05. The predicted molar refractivity (Wildman–Crippen MR) is 147 cm³/mol. The number of carboxylic acids is 2. The summed E-state index contributed by atoms with van der Waals surface area (Å²) >= 11 is 17.0. The lowest BCUT2D eigenvalue weighted by atomic mass is 9.72. The zero-order valence-corrected chi connectivity index (χ0v) is 23.1. The van der Waals surface area contributed by atoms with Crippen LogP contribution in [0.5, 0.6) is 5.75 Å². The van der Waals surface area contributed by atoms with Crippen molar-refractivity contribution in [2.24, 2.45) is 5.41 Å². The third-order valence-corrected chi connectivity index (χ3v) is 7.42. The topological polar surface area (TPSA) is 106 Å². The summed E-state index contributed by atoms with van der Waals surface area (Å²) in [5.41, 5.74) is 1.31. The number of aryl methyl sites for hydroxylation is 1. The van der Waals surface area contributed by atoms with Crippen LogP contribution >= 0.6 is 34.8 Å². The molecule has 1 aromatic heterocycles. The average molecular weight is 581 g/mol. The monoisotopic (exact) mass is 579 g/mol. The maximum atomic E-state index is 13.8. The van der Waals surface area contributed by atoms with Gasteiger partial charge >= 0.3 is 15.9 Å². The number of unbranched alkanes of at least 4 members (excludes halogenated alkanes) is 3. The molecule has 1 heterocycles. The Hall–Kier alpha value is -2.74. The van der Waals surface area contributed by atoms with Crippen LogP contribution in [0.4, 0.5) is 0 Å². The van der Waals surface area contributed by atoms with Crippen molar-refractivity contribution in [3.05, 3.63) is 64.8 Å². The average Bonchev–Trinajstić information content (AvgIpc) is 3.18. The molecule has 0 spiro atoms. The summed E-state index contributed by atoms with van der Waals surface area (Å²) in [5, 5.41) is 20.5. The summed E-state index contributed by atoms with van der Waals surface area (Å²) in [7, 11) is 0. The molecule has 0 amide bonds. The minimum absolute atomic E-state index is 0.117. The molecule has 0 saturated carbocycles. The number of carboxylic acid groups (broad SMARTS) is 2. The summed E-state index contributed by atoms with van der Waals surface area (Å²) in [6.45, 7) is 2.15. The fraction of sp³-hybridized carbons (Fsp3) is 0.393. The van der Waals surface area contributed by atoms with Crippen LogP contribution < -0.4 is 4.74 Å². The number of hydrogen-bond acceptors (Lipinski definition) is 4. The van der Waals surface area contributed by atoms with Crippen LogP contribution in [0, 0.1) is 5.41 Å². The first-order valence-corrected chi connectivity index (χ1v) is 13.6. The molecular weight excluding hydrogens is 553 g/mol. The fourth-order valence-corrected chi connectivity index (χ4v) is 5.43. The number of aromatic nitrogens is 1. The van der Waals surface area contributed by atoms with E-state index in [9.17, 15) is 24.6 Å². The van der Waals surface area contributed by atoms with Crippen molar-refractivity contribution in [1.82, 2.24) is 4.57 Å². The van der Waals surface area contributed by atoms with Crippen molar-refractivity contribution in [3.63, 3.8) is 0 Å². The summed E-state index contributed by atoms with van der Waals surface area (Å²) in [5.74, 6) is -2.81. The van der Waals surface area contributed by atoms with Crippen LogP contribution in [0.1, 0.15) is 66.2 Å². The highest BCUT2D eigenvalue weighted by Crippen LogP contribution is 2.42. The molecule has 2 N–H and O–H groups in total. The van der Waals surface area contributed by atoms with Crippen molar-refractivity contribution in [3.8, 4) is 5.75 Å². The van der Waals surface area contributed by atoms with Crippen molar-refractivity contribution in [2.75, 3.05) is 0 Å². The first-order chi connectivity index (χ1) is 18.0. The molecule has 2 aromatic carbocycles. The molecule has 1 aliphatic rings. The number of benzene rings is 2. The second-order valence-electron chi connectivity index (χ2n) is 9.67. The van der Waals surface area contributed by atoms with E-state index >= 15 is 0 Å². The molecule has 0 bridgehead atoms. The van der Waals surface area contributed by atoms with E-state index in [1.165, 1.54) is 12.1 Å². The highest BCUT2D eigenvalue weighted by atomic mass is 35.6. The molecule has 0 fully saturated rings. The van der Waals surface area contributed by atoms with Crippen LogP contribution in [-0.2, 0) is 28.9 Å². The predicted octanol–water partition coefficient (Wildman–Crippen LogP) is 6.80. The minimum atomic E-state index is -1.95. The zero-order valence-electron chi connectivity index (χ0n) is 20.8. The molecule has 0 atom stereocenters. The van der Waals surface area contributed by atoms with Gasteiger partial charge in [0.2, 0.25) is 0 Å². The number of ether oxygens (including phenoxy) is 1. The number of fused-ring (bicyclic) bond motifs is 3. The van der Waals surface area contributed by atoms with E-state index in [2.05, 4.69) is 6.92 Å². The van der Waals surface area contributed by atoms with E-state index in [1.54, 1.807) is 16.7 Å². The third kappa shape index (κ3) is 5.65. The Morgan fingerprint density at radius 1 is 1.00 bits per heavy atom. The Balaban J connectivity index is 1.79. The molecule has 0 unspecified atom stereocenters. The molecule has 1 aliphatic carbocycles. The lowest BCUT2D eigenvalue weighted by Gasteiger charge is -2.29. The van der Waals surface area contributed by atoms with Gasteiger partial charge in [0.05, 0.1) is 5.52 Å². The van der Waals surface area contributed by atoms with Gasteiger partial charge in [0.25, 0.3) is 5.91 Å². The van der Waals surface area contributed by atoms with Crippen molar-refractivity contribution in [1.29, 1.82) is 0 Å². The van der Waals surface area contributed by atoms with Gasteiger partial charge in [0.1, 0.15) is 5.75 Å². The smallest absolute Gasteiger partial charge is 0.338 e. The van der Waals surface area contributed by atoms with E-state index in [0.29, 0.717) is 27.7 Å². The highest BCUT2D eigenvalue weighted by molar-refractivity contribution is 6.66. The molecule has 0 radical (unpaired) electrons. The second kappa shape index (κ2) is 11.2. The van der Waals surface area contributed by atoms with Gasteiger partial charge in [-0.1, -0.05) is 32.3 Å². The van der Waals surface area contributed by atoms with E-state index in [1.807, 2.05) is 18.2 Å². The highest BCUT2D eigenvalue weighted by Gasteiger charge is 2.50. The lowest BCUT2D eigenvalue weighted by molar-refractivity contribution is -0.165. The second-order valence-corrected chi connectivity index (χ2v) is 11.8. The van der Waals surface area contributed by atoms with Crippen LogP contribution in [0.2, 0.25) is 0 Å². The molecule has 10 heteroatoms. The summed E-state index contributed by atoms with van der Waals surface area (Å²) in [6, 6.07) is 11.9. The number of halogens is 3. The largest absolute Gasteiger partial charge is 0.480 e. The van der Waals surface area contributed by atoms with E-state index in [-0.39, 0.29) is 30.9 Å². The number of aliphatic carboxylic acids is 2. The summed E-state index contributed by atoms with van der Waals surface area (Å²) in [4.78, 5) is 38.0. The minimum Gasteiger partial charge on any atom is -0.480 e. The third-order valence-electron chi connectivity index (χ3n) is 7.19. The van der Waals surface area contributed by atoms with E-state index in [0.717, 1.165) is 37.7 Å². The first-order valence-electron chi connectivity index (χ1n) is 12.5. The lowest BCUT2D eigenvalue weighted by Crippen LogP contribution is -2.44. The Kier molecular flexibility index (Phi) is 8.31.